The molecule has 1 aromatic heterocycles. The van der Waals surface area contributed by atoms with Gasteiger partial charge in [-0.15, -0.1) is 0 Å². The number of amides is 1. The van der Waals surface area contributed by atoms with Gasteiger partial charge >= 0.3 is 0 Å². The first-order valence-electron chi connectivity index (χ1n) is 10.8. The Morgan fingerprint density at radius 3 is 2.77 bits per heavy atom. The van der Waals surface area contributed by atoms with Crippen LogP contribution in [0.5, 0.6) is 5.75 Å². The number of piperidine rings is 1. The summed E-state index contributed by atoms with van der Waals surface area (Å²) < 4.78 is 24.7. The molecule has 5 rings (SSSR count). The molecule has 2 aliphatic rings. The van der Waals surface area contributed by atoms with E-state index in [0.29, 0.717) is 41.8 Å². The van der Waals surface area contributed by atoms with Gasteiger partial charge in [-0.3, -0.25) is 4.79 Å². The number of hydrogen-bond acceptors (Lipinski definition) is 5. The number of aromatic nitrogens is 2. The predicted octanol–water partition coefficient (Wildman–Crippen LogP) is 4.68. The number of carbonyl (C=O) groups is 1. The van der Waals surface area contributed by atoms with Gasteiger partial charge in [-0.2, -0.15) is 4.98 Å². The van der Waals surface area contributed by atoms with E-state index >= 15 is 0 Å². The minimum Gasteiger partial charge on any atom is -0.493 e. The van der Waals surface area contributed by atoms with Crippen LogP contribution in [0.2, 0.25) is 0 Å². The Hall–Kier alpha value is -3.22. The zero-order valence-electron chi connectivity index (χ0n) is 17.2. The minimum atomic E-state index is -0.345. The molecule has 1 amide bonds. The highest BCUT2D eigenvalue weighted by molar-refractivity contribution is 5.94. The Labute approximate surface area is 180 Å². The van der Waals surface area contributed by atoms with Crippen LogP contribution in [-0.2, 0) is 0 Å². The summed E-state index contributed by atoms with van der Waals surface area (Å²) in [5.41, 5.74) is 1.22. The van der Waals surface area contributed by atoms with Crippen molar-refractivity contribution in [2.45, 2.75) is 31.6 Å². The maximum atomic E-state index is 13.5. The molecule has 1 saturated heterocycles. The van der Waals surface area contributed by atoms with E-state index in [2.05, 4.69) is 10.1 Å². The molecule has 1 atom stereocenters. The van der Waals surface area contributed by atoms with Gasteiger partial charge in [0.05, 0.1) is 12.5 Å². The maximum absolute atomic E-state index is 13.5. The average molecular weight is 421 g/mol. The van der Waals surface area contributed by atoms with Gasteiger partial charge in [0.1, 0.15) is 11.6 Å². The summed E-state index contributed by atoms with van der Waals surface area (Å²) in [6.45, 7) is 1.96. The highest BCUT2D eigenvalue weighted by Gasteiger charge is 2.29. The SMILES string of the molecule is O=C(c1ccc(OCC2CC2)cc1)N1CCCC(c2nc(-c3cccc(F)c3)no2)C1. The lowest BCUT2D eigenvalue weighted by atomic mass is 9.97. The molecule has 2 aromatic carbocycles. The molecule has 1 unspecified atom stereocenters. The highest BCUT2D eigenvalue weighted by Crippen LogP contribution is 2.30. The molecule has 0 bridgehead atoms. The quantitative estimate of drug-likeness (QED) is 0.578. The van der Waals surface area contributed by atoms with Crippen LogP contribution in [0, 0.1) is 11.7 Å². The second-order valence-electron chi connectivity index (χ2n) is 8.34. The zero-order valence-corrected chi connectivity index (χ0v) is 17.2. The number of nitrogens with zero attached hydrogens (tertiary/aromatic N) is 3. The van der Waals surface area contributed by atoms with E-state index < -0.39 is 0 Å². The number of likely N-dealkylation sites (tertiary alicyclic amines) is 1. The first kappa shape index (κ1) is 19.7. The van der Waals surface area contributed by atoms with Gasteiger partial charge in [0.2, 0.25) is 11.7 Å². The molecule has 1 aliphatic carbocycles. The van der Waals surface area contributed by atoms with Crippen molar-refractivity contribution in [3.63, 3.8) is 0 Å². The largest absolute Gasteiger partial charge is 0.493 e. The first-order chi connectivity index (χ1) is 15.2. The molecule has 160 valence electrons. The van der Waals surface area contributed by atoms with Crippen molar-refractivity contribution < 1.29 is 18.4 Å². The molecule has 31 heavy (non-hydrogen) atoms. The summed E-state index contributed by atoms with van der Waals surface area (Å²) in [5.74, 6) is 1.95. The third-order valence-corrected chi connectivity index (χ3v) is 5.87. The monoisotopic (exact) mass is 421 g/mol. The van der Waals surface area contributed by atoms with Crippen molar-refractivity contribution in [2.75, 3.05) is 19.7 Å². The Morgan fingerprint density at radius 1 is 1.16 bits per heavy atom. The summed E-state index contributed by atoms with van der Waals surface area (Å²) in [6, 6.07) is 13.5. The number of halogens is 1. The summed E-state index contributed by atoms with van der Waals surface area (Å²) in [4.78, 5) is 19.3. The highest BCUT2D eigenvalue weighted by atomic mass is 19.1. The lowest BCUT2D eigenvalue weighted by molar-refractivity contribution is 0.0695. The van der Waals surface area contributed by atoms with Gasteiger partial charge < -0.3 is 14.2 Å². The van der Waals surface area contributed by atoms with Crippen molar-refractivity contribution in [1.29, 1.82) is 0 Å². The molecule has 3 aromatic rings. The molecule has 2 fully saturated rings. The number of rotatable bonds is 6. The molecule has 0 spiro atoms. The van der Waals surface area contributed by atoms with Crippen molar-refractivity contribution in [3.05, 3.63) is 65.8 Å². The second-order valence-corrected chi connectivity index (χ2v) is 8.34. The van der Waals surface area contributed by atoms with Crippen LogP contribution in [0.1, 0.15) is 47.8 Å². The molecule has 0 N–H and O–H groups in total. The van der Waals surface area contributed by atoms with Crippen molar-refractivity contribution in [2.24, 2.45) is 5.92 Å². The van der Waals surface area contributed by atoms with Gasteiger partial charge in [-0.1, -0.05) is 17.3 Å². The third-order valence-electron chi connectivity index (χ3n) is 5.87. The number of hydrogen-bond donors (Lipinski definition) is 0. The molecule has 2 heterocycles. The summed E-state index contributed by atoms with van der Waals surface area (Å²) in [5, 5.41) is 4.00. The fourth-order valence-electron chi connectivity index (χ4n) is 3.88. The lowest BCUT2D eigenvalue weighted by Gasteiger charge is -2.31. The Balaban J connectivity index is 1.24. The molecular weight excluding hydrogens is 397 g/mol. The van der Waals surface area contributed by atoms with Gasteiger partial charge in [0.15, 0.2) is 0 Å². The van der Waals surface area contributed by atoms with E-state index in [-0.39, 0.29) is 17.6 Å². The number of ether oxygens (including phenoxy) is 1. The van der Waals surface area contributed by atoms with E-state index in [4.69, 9.17) is 9.26 Å². The molecule has 7 heteroatoms. The van der Waals surface area contributed by atoms with Crippen LogP contribution >= 0.6 is 0 Å². The predicted molar refractivity (Wildman–Crippen MR) is 112 cm³/mol. The third kappa shape index (κ3) is 4.60. The van der Waals surface area contributed by atoms with Gasteiger partial charge in [-0.25, -0.2) is 4.39 Å². The van der Waals surface area contributed by atoms with E-state index in [1.54, 1.807) is 12.1 Å². The smallest absolute Gasteiger partial charge is 0.253 e. The van der Waals surface area contributed by atoms with Crippen molar-refractivity contribution >= 4 is 5.91 Å². The fourth-order valence-corrected chi connectivity index (χ4v) is 3.88. The van der Waals surface area contributed by atoms with Gasteiger partial charge in [0.25, 0.3) is 5.91 Å². The topological polar surface area (TPSA) is 68.5 Å². The van der Waals surface area contributed by atoms with Crippen molar-refractivity contribution in [1.82, 2.24) is 15.0 Å². The Morgan fingerprint density at radius 2 is 2.00 bits per heavy atom. The Kier molecular flexibility index (Phi) is 5.40. The fraction of sp³-hybridized carbons (Fsp3) is 0.375. The second kappa shape index (κ2) is 8.49. The standard InChI is InChI=1S/C24H24FN3O3/c25-20-5-1-3-18(13-20)22-26-23(31-27-22)19-4-2-12-28(14-19)24(29)17-8-10-21(11-9-17)30-15-16-6-7-16/h1,3,5,8-11,13,16,19H,2,4,6-7,12,14-15H2. The summed E-state index contributed by atoms with van der Waals surface area (Å²) >= 11 is 0. The van der Waals surface area contributed by atoms with E-state index in [1.165, 1.54) is 25.0 Å². The number of carbonyl (C=O) groups excluding carboxylic acids is 1. The van der Waals surface area contributed by atoms with Gasteiger partial charge in [-0.05, 0) is 68.0 Å². The van der Waals surface area contributed by atoms with Crippen LogP contribution in [0.4, 0.5) is 4.39 Å². The average Bonchev–Trinajstić information content (AvgIpc) is 3.51. The maximum Gasteiger partial charge on any atom is 0.253 e. The van der Waals surface area contributed by atoms with E-state index in [0.717, 1.165) is 25.2 Å². The van der Waals surface area contributed by atoms with Crippen LogP contribution in [0.25, 0.3) is 11.4 Å². The first-order valence-corrected chi connectivity index (χ1v) is 10.8. The van der Waals surface area contributed by atoms with Crippen LogP contribution in [0.15, 0.2) is 53.1 Å². The number of benzene rings is 2. The molecule has 1 saturated carbocycles. The van der Waals surface area contributed by atoms with Crippen LogP contribution < -0.4 is 4.74 Å². The molecule has 0 radical (unpaired) electrons. The minimum absolute atomic E-state index is 0.0108. The zero-order chi connectivity index (χ0) is 21.2. The molecule has 6 nitrogen and oxygen atoms in total. The molecular formula is C24H24FN3O3. The molecule has 1 aliphatic heterocycles. The lowest BCUT2D eigenvalue weighted by Crippen LogP contribution is -2.39. The van der Waals surface area contributed by atoms with Crippen LogP contribution in [0.3, 0.4) is 0 Å². The summed E-state index contributed by atoms with van der Waals surface area (Å²) in [6.07, 6.45) is 4.21. The van der Waals surface area contributed by atoms with Crippen molar-refractivity contribution in [3.8, 4) is 17.1 Å². The van der Waals surface area contributed by atoms with Gasteiger partial charge in [0, 0.05) is 24.2 Å². The summed E-state index contributed by atoms with van der Waals surface area (Å²) in [7, 11) is 0. The van der Waals surface area contributed by atoms with Crippen LogP contribution in [-0.4, -0.2) is 40.6 Å². The normalized spacial score (nSPS) is 18.7. The Bertz CT molecular complexity index is 1060. The van der Waals surface area contributed by atoms with E-state index in [9.17, 15) is 9.18 Å². The van der Waals surface area contributed by atoms with E-state index in [1.807, 2.05) is 29.2 Å².